The van der Waals surface area contributed by atoms with Crippen molar-refractivity contribution in [1.29, 1.82) is 0 Å². The van der Waals surface area contributed by atoms with Gasteiger partial charge in [-0.15, -0.1) is 0 Å². The van der Waals surface area contributed by atoms with Crippen molar-refractivity contribution in [3.8, 4) is 11.3 Å². The number of alkyl halides is 1. The van der Waals surface area contributed by atoms with Crippen LogP contribution in [0.5, 0.6) is 0 Å². The smallest absolute Gasteiger partial charge is 0.250 e. The Morgan fingerprint density at radius 1 is 1.08 bits per heavy atom. The fraction of sp³-hybridized carbons (Fsp3) is 0.286. The predicted molar refractivity (Wildman–Crippen MR) is 145 cm³/mol. The van der Waals surface area contributed by atoms with Crippen molar-refractivity contribution in [1.82, 2.24) is 15.1 Å². The molecule has 0 aliphatic carbocycles. The number of benzene rings is 3. The van der Waals surface area contributed by atoms with E-state index in [0.717, 1.165) is 50.1 Å². The number of likely N-dealkylation sites (N-methyl/N-ethyl adjacent to an activating group) is 1. The molecular formula is C28H29F3N6O2. The largest absolute Gasteiger partial charge is 0.384 e. The molecule has 5 N–H and O–H groups in total. The van der Waals surface area contributed by atoms with Gasteiger partial charge in [-0.25, -0.2) is 13.2 Å². The van der Waals surface area contributed by atoms with Crippen LogP contribution in [0.25, 0.3) is 22.2 Å². The molecule has 0 spiro atoms. The van der Waals surface area contributed by atoms with Gasteiger partial charge in [-0.05, 0) is 54.6 Å². The van der Waals surface area contributed by atoms with Gasteiger partial charge in [-0.1, -0.05) is 6.07 Å². The molecule has 1 unspecified atom stereocenters. The molecule has 1 aliphatic heterocycles. The van der Waals surface area contributed by atoms with Gasteiger partial charge in [0.05, 0.1) is 22.3 Å². The van der Waals surface area contributed by atoms with Crippen molar-refractivity contribution in [3.63, 3.8) is 0 Å². The van der Waals surface area contributed by atoms with E-state index in [4.69, 9.17) is 5.73 Å². The summed E-state index contributed by atoms with van der Waals surface area (Å²) >= 11 is 0. The predicted octanol–water partition coefficient (Wildman–Crippen LogP) is 3.82. The first kappa shape index (κ1) is 26.5. The molecule has 11 heteroatoms. The number of nitrogens with two attached hydrogens (primary N) is 1. The Balaban J connectivity index is 1.69. The van der Waals surface area contributed by atoms with Gasteiger partial charge in [-0.2, -0.15) is 5.10 Å². The van der Waals surface area contributed by atoms with Crippen LogP contribution in [0.4, 0.5) is 24.5 Å². The number of aliphatic hydroxyl groups is 1. The Bertz CT molecular complexity index is 1500. The zero-order chi connectivity index (χ0) is 27.7. The molecule has 1 saturated heterocycles. The van der Waals surface area contributed by atoms with Gasteiger partial charge in [0.2, 0.25) is 0 Å². The lowest BCUT2D eigenvalue weighted by atomic mass is 9.95. The third-order valence-electron chi connectivity index (χ3n) is 7.03. The molecule has 1 fully saturated rings. The summed E-state index contributed by atoms with van der Waals surface area (Å²) < 4.78 is 41.0. The molecule has 39 heavy (non-hydrogen) atoms. The normalized spacial score (nSPS) is 15.1. The second-order valence-corrected chi connectivity index (χ2v) is 9.64. The molecule has 1 amide bonds. The van der Waals surface area contributed by atoms with E-state index < -0.39 is 30.3 Å². The second kappa shape index (κ2) is 11.0. The zero-order valence-electron chi connectivity index (χ0n) is 21.3. The number of nitrogens with one attached hydrogen (secondary N) is 2. The number of anilines is 2. The van der Waals surface area contributed by atoms with E-state index in [-0.39, 0.29) is 17.7 Å². The minimum atomic E-state index is -1.31. The summed E-state index contributed by atoms with van der Waals surface area (Å²) in [5.41, 5.74) is 9.18. The number of amides is 1. The van der Waals surface area contributed by atoms with Gasteiger partial charge in [0.25, 0.3) is 5.91 Å². The Morgan fingerprint density at radius 2 is 1.79 bits per heavy atom. The molecule has 0 bridgehead atoms. The van der Waals surface area contributed by atoms with Crippen LogP contribution in [-0.2, 0) is 0 Å². The lowest BCUT2D eigenvalue weighted by Gasteiger charge is -2.35. The molecule has 3 aromatic carbocycles. The summed E-state index contributed by atoms with van der Waals surface area (Å²) in [6, 6.07) is 11.4. The van der Waals surface area contributed by atoms with Crippen LogP contribution in [0.15, 0.2) is 48.5 Å². The van der Waals surface area contributed by atoms with Gasteiger partial charge in [0.15, 0.2) is 0 Å². The van der Waals surface area contributed by atoms with Gasteiger partial charge >= 0.3 is 0 Å². The minimum absolute atomic E-state index is 0.0447. The highest BCUT2D eigenvalue weighted by molar-refractivity contribution is 6.08. The maximum atomic E-state index is 13.8. The van der Waals surface area contributed by atoms with Gasteiger partial charge in [-0.3, -0.25) is 9.89 Å². The van der Waals surface area contributed by atoms with Crippen molar-refractivity contribution in [2.24, 2.45) is 5.73 Å². The monoisotopic (exact) mass is 538 g/mol. The highest BCUT2D eigenvalue weighted by Crippen LogP contribution is 2.42. The number of primary amides is 1. The molecule has 4 aromatic rings. The quantitative estimate of drug-likeness (QED) is 0.272. The van der Waals surface area contributed by atoms with E-state index in [1.54, 1.807) is 24.3 Å². The molecule has 1 aliphatic rings. The average molecular weight is 539 g/mol. The van der Waals surface area contributed by atoms with Crippen LogP contribution in [0.1, 0.15) is 27.6 Å². The van der Waals surface area contributed by atoms with E-state index in [2.05, 4.69) is 25.3 Å². The molecule has 2 heterocycles. The highest BCUT2D eigenvalue weighted by Gasteiger charge is 2.26. The molecule has 5 rings (SSSR count). The summed E-state index contributed by atoms with van der Waals surface area (Å²) in [5.74, 6) is -2.26. The number of nitrogens with zero attached hydrogens (tertiary/aromatic N) is 3. The SMILES string of the molecule is CN1CCN(c2ccc(C(N)=O)c(NCCF)c2-c2n[nH]c3ccc(C(O)c4cc(F)cc(F)c4)cc23)CC1. The third kappa shape index (κ3) is 5.27. The van der Waals surface area contributed by atoms with Crippen LogP contribution < -0.4 is 16.0 Å². The number of carbonyl (C=O) groups is 1. The number of H-pyrrole nitrogens is 1. The van der Waals surface area contributed by atoms with E-state index in [0.29, 0.717) is 33.4 Å². The molecular weight excluding hydrogens is 509 g/mol. The number of halogens is 3. The summed E-state index contributed by atoms with van der Waals surface area (Å²) in [4.78, 5) is 16.8. The number of hydrogen-bond donors (Lipinski definition) is 4. The molecule has 204 valence electrons. The van der Waals surface area contributed by atoms with Crippen molar-refractivity contribution < 1.29 is 23.1 Å². The molecule has 1 aromatic heterocycles. The first-order valence-corrected chi connectivity index (χ1v) is 12.6. The summed E-state index contributed by atoms with van der Waals surface area (Å²) in [7, 11) is 2.04. The van der Waals surface area contributed by atoms with Crippen molar-refractivity contribution in [2.75, 3.05) is 56.7 Å². The Morgan fingerprint density at radius 3 is 2.46 bits per heavy atom. The first-order chi connectivity index (χ1) is 18.8. The van der Waals surface area contributed by atoms with E-state index in [1.807, 2.05) is 13.1 Å². The second-order valence-electron chi connectivity index (χ2n) is 9.64. The maximum Gasteiger partial charge on any atom is 0.250 e. The number of aromatic nitrogens is 2. The zero-order valence-corrected chi connectivity index (χ0v) is 21.3. The van der Waals surface area contributed by atoms with Crippen LogP contribution in [-0.4, -0.2) is 72.6 Å². The fourth-order valence-electron chi connectivity index (χ4n) is 5.02. The van der Waals surface area contributed by atoms with Crippen LogP contribution in [0.2, 0.25) is 0 Å². The number of aliphatic hydroxyl groups excluding tert-OH is 1. The minimum Gasteiger partial charge on any atom is -0.384 e. The summed E-state index contributed by atoms with van der Waals surface area (Å²) in [5, 5.41) is 22.1. The average Bonchev–Trinajstić information content (AvgIpc) is 3.33. The number of piperazine rings is 1. The number of hydrogen-bond acceptors (Lipinski definition) is 6. The summed E-state index contributed by atoms with van der Waals surface area (Å²) in [6.45, 7) is 2.38. The van der Waals surface area contributed by atoms with Crippen LogP contribution in [0.3, 0.4) is 0 Å². The third-order valence-corrected chi connectivity index (χ3v) is 7.03. The van der Waals surface area contributed by atoms with E-state index in [9.17, 15) is 23.1 Å². The highest BCUT2D eigenvalue weighted by atomic mass is 19.1. The topological polar surface area (TPSA) is 111 Å². The first-order valence-electron chi connectivity index (χ1n) is 12.6. The number of rotatable bonds is 8. The number of aromatic amines is 1. The fourth-order valence-corrected chi connectivity index (χ4v) is 5.02. The molecule has 8 nitrogen and oxygen atoms in total. The van der Waals surface area contributed by atoms with Crippen LogP contribution in [0, 0.1) is 11.6 Å². The van der Waals surface area contributed by atoms with Crippen LogP contribution >= 0.6 is 0 Å². The summed E-state index contributed by atoms with van der Waals surface area (Å²) in [6.07, 6.45) is -1.31. The standard InChI is InChI=1S/C28H29F3N6O2/c1-36-8-10-37(11-9-36)23-5-3-20(28(32)39)25(33-7-6-29)24(23)26-21-14-16(2-4-22(21)34-35-26)27(38)17-12-18(30)15-19(31)13-17/h2-5,12-15,27,33,38H,6-11H2,1H3,(H2,32,39)(H,34,35). The molecule has 1 atom stereocenters. The Hall–Kier alpha value is -4.09. The van der Waals surface area contributed by atoms with Gasteiger partial charge in [0.1, 0.15) is 30.1 Å². The lowest BCUT2D eigenvalue weighted by Crippen LogP contribution is -2.44. The van der Waals surface area contributed by atoms with E-state index in [1.165, 1.54) is 0 Å². The van der Waals surface area contributed by atoms with Crippen molar-refractivity contribution in [3.05, 3.63) is 76.9 Å². The Kier molecular flexibility index (Phi) is 7.45. The van der Waals surface area contributed by atoms with Gasteiger partial charge in [0, 0.05) is 49.9 Å². The molecule has 0 saturated carbocycles. The number of carbonyl (C=O) groups excluding carboxylic acids is 1. The lowest BCUT2D eigenvalue weighted by molar-refractivity contribution is 0.100. The van der Waals surface area contributed by atoms with Crippen molar-refractivity contribution >= 4 is 28.2 Å². The maximum absolute atomic E-state index is 13.8. The number of fused-ring (bicyclic) bond motifs is 1. The Labute approximate surface area is 223 Å². The molecule has 0 radical (unpaired) electrons. The van der Waals surface area contributed by atoms with Crippen molar-refractivity contribution in [2.45, 2.75) is 6.10 Å². The van der Waals surface area contributed by atoms with E-state index >= 15 is 0 Å². The van der Waals surface area contributed by atoms with Gasteiger partial charge < -0.3 is 26.0 Å².